The number of rotatable bonds is 2. The van der Waals surface area contributed by atoms with Gasteiger partial charge >= 0.3 is 12.2 Å². The maximum Gasteiger partial charge on any atom is 0.416 e. The first-order valence-corrected chi connectivity index (χ1v) is 7.17. The molecule has 0 aliphatic carbocycles. The molecular formula is C15H19F3N2O. The van der Waals surface area contributed by atoms with Crippen molar-refractivity contribution in [2.45, 2.75) is 32.4 Å². The summed E-state index contributed by atoms with van der Waals surface area (Å²) >= 11 is 0. The zero-order chi connectivity index (χ0) is 15.5. The van der Waals surface area contributed by atoms with Crippen LogP contribution in [0.25, 0.3) is 0 Å². The normalized spacial score (nSPS) is 15.9. The van der Waals surface area contributed by atoms with Crippen LogP contribution in [0.2, 0.25) is 0 Å². The van der Waals surface area contributed by atoms with E-state index in [-0.39, 0.29) is 6.03 Å². The topological polar surface area (TPSA) is 23.6 Å². The number of piperidine rings is 1. The molecule has 2 rings (SSSR count). The fourth-order valence-corrected chi connectivity index (χ4v) is 2.51. The molecule has 2 amide bonds. The number of carbonyl (C=O) groups excluding carboxylic acids is 1. The minimum atomic E-state index is -4.35. The molecule has 1 aliphatic rings. The molecule has 0 unspecified atom stereocenters. The van der Waals surface area contributed by atoms with Gasteiger partial charge in [-0.3, -0.25) is 4.90 Å². The number of amides is 2. The van der Waals surface area contributed by atoms with Gasteiger partial charge in [0, 0.05) is 25.3 Å². The number of likely N-dealkylation sites (tertiary alicyclic amines) is 1. The Kier molecular flexibility index (Phi) is 4.75. The van der Waals surface area contributed by atoms with Gasteiger partial charge in [-0.15, -0.1) is 0 Å². The van der Waals surface area contributed by atoms with E-state index in [0.29, 0.717) is 12.2 Å². The molecule has 0 atom stereocenters. The quantitative estimate of drug-likeness (QED) is 0.805. The van der Waals surface area contributed by atoms with Crippen LogP contribution in [-0.2, 0) is 6.18 Å². The van der Waals surface area contributed by atoms with E-state index in [1.807, 2.05) is 6.92 Å². The number of urea groups is 1. The number of nitrogens with zero attached hydrogens (tertiary/aromatic N) is 2. The zero-order valence-corrected chi connectivity index (χ0v) is 12.0. The van der Waals surface area contributed by atoms with Gasteiger partial charge in [-0.2, -0.15) is 13.2 Å². The van der Waals surface area contributed by atoms with Gasteiger partial charge in [-0.1, -0.05) is 0 Å². The second-order valence-electron chi connectivity index (χ2n) is 5.12. The van der Waals surface area contributed by atoms with Crippen molar-refractivity contribution in [3.05, 3.63) is 29.8 Å². The Bertz CT molecular complexity index is 479. The molecule has 116 valence electrons. The van der Waals surface area contributed by atoms with Crippen LogP contribution in [0, 0.1) is 0 Å². The van der Waals surface area contributed by atoms with Crippen LogP contribution in [0.5, 0.6) is 0 Å². The van der Waals surface area contributed by atoms with Gasteiger partial charge in [0.1, 0.15) is 0 Å². The van der Waals surface area contributed by atoms with Crippen LogP contribution in [-0.4, -0.2) is 30.6 Å². The van der Waals surface area contributed by atoms with E-state index in [2.05, 4.69) is 0 Å². The summed E-state index contributed by atoms with van der Waals surface area (Å²) in [6.45, 7) is 3.69. The molecule has 1 saturated heterocycles. The molecule has 0 bridgehead atoms. The van der Waals surface area contributed by atoms with E-state index in [0.717, 1.165) is 44.5 Å². The van der Waals surface area contributed by atoms with Crippen molar-refractivity contribution in [1.82, 2.24) is 4.90 Å². The van der Waals surface area contributed by atoms with Gasteiger partial charge in [0.2, 0.25) is 0 Å². The molecule has 1 aromatic rings. The molecule has 1 aromatic carbocycles. The molecule has 0 radical (unpaired) electrons. The number of hydrogen-bond donors (Lipinski definition) is 0. The Hall–Kier alpha value is -1.72. The van der Waals surface area contributed by atoms with E-state index < -0.39 is 11.7 Å². The molecule has 1 heterocycles. The number of halogens is 3. The van der Waals surface area contributed by atoms with Crippen LogP contribution in [0.1, 0.15) is 31.7 Å². The third kappa shape index (κ3) is 3.68. The first kappa shape index (κ1) is 15.7. The summed E-state index contributed by atoms with van der Waals surface area (Å²) in [5, 5.41) is 0. The lowest BCUT2D eigenvalue weighted by Crippen LogP contribution is -2.45. The van der Waals surface area contributed by atoms with Crippen molar-refractivity contribution >= 4 is 11.7 Å². The monoisotopic (exact) mass is 300 g/mol. The highest BCUT2D eigenvalue weighted by Crippen LogP contribution is 2.30. The van der Waals surface area contributed by atoms with E-state index in [4.69, 9.17) is 0 Å². The predicted octanol–water partition coefficient (Wildman–Crippen LogP) is 4.14. The van der Waals surface area contributed by atoms with Crippen molar-refractivity contribution in [1.29, 1.82) is 0 Å². The number of anilines is 1. The van der Waals surface area contributed by atoms with Crippen LogP contribution in [0.4, 0.5) is 23.7 Å². The number of alkyl halides is 3. The molecule has 0 aromatic heterocycles. The average molecular weight is 300 g/mol. The highest BCUT2D eigenvalue weighted by atomic mass is 19.4. The smallest absolute Gasteiger partial charge is 0.324 e. The van der Waals surface area contributed by atoms with Crippen molar-refractivity contribution in [2.24, 2.45) is 0 Å². The molecule has 0 saturated carbocycles. The highest BCUT2D eigenvalue weighted by Gasteiger charge is 2.30. The van der Waals surface area contributed by atoms with E-state index in [9.17, 15) is 18.0 Å². The fraction of sp³-hybridized carbons (Fsp3) is 0.533. The van der Waals surface area contributed by atoms with Gasteiger partial charge in [-0.05, 0) is 50.5 Å². The van der Waals surface area contributed by atoms with E-state index >= 15 is 0 Å². The molecule has 1 fully saturated rings. The Morgan fingerprint density at radius 1 is 1.14 bits per heavy atom. The largest absolute Gasteiger partial charge is 0.416 e. The molecular weight excluding hydrogens is 281 g/mol. The van der Waals surface area contributed by atoms with Crippen molar-refractivity contribution in [3.63, 3.8) is 0 Å². The molecule has 0 spiro atoms. The van der Waals surface area contributed by atoms with Crippen LogP contribution in [0.15, 0.2) is 24.3 Å². The lowest BCUT2D eigenvalue weighted by molar-refractivity contribution is -0.137. The average Bonchev–Trinajstić information content (AvgIpc) is 2.48. The molecule has 6 heteroatoms. The first-order chi connectivity index (χ1) is 9.93. The van der Waals surface area contributed by atoms with Gasteiger partial charge in [-0.25, -0.2) is 4.79 Å². The SMILES string of the molecule is CCN(C(=O)N1CCCCC1)c1ccc(C(F)(F)F)cc1. The van der Waals surface area contributed by atoms with E-state index in [1.54, 1.807) is 4.90 Å². The summed E-state index contributed by atoms with van der Waals surface area (Å²) in [5.74, 6) is 0. The summed E-state index contributed by atoms with van der Waals surface area (Å²) in [7, 11) is 0. The maximum absolute atomic E-state index is 12.6. The minimum absolute atomic E-state index is 0.128. The van der Waals surface area contributed by atoms with Crippen LogP contribution in [0.3, 0.4) is 0 Å². The second kappa shape index (κ2) is 6.37. The molecule has 0 N–H and O–H groups in total. The van der Waals surface area contributed by atoms with Crippen molar-refractivity contribution in [3.8, 4) is 0 Å². The molecule has 3 nitrogen and oxygen atoms in total. The standard InChI is InChI=1S/C15H19F3N2O/c1-2-20(14(21)19-10-4-3-5-11-19)13-8-6-12(7-9-13)15(16,17)18/h6-9H,2-5,10-11H2,1H3. The van der Waals surface area contributed by atoms with E-state index in [1.165, 1.54) is 17.0 Å². The summed E-state index contributed by atoms with van der Waals surface area (Å²) in [6, 6.07) is 4.61. The second-order valence-corrected chi connectivity index (χ2v) is 5.12. The highest BCUT2D eigenvalue weighted by molar-refractivity contribution is 5.92. The van der Waals surface area contributed by atoms with Gasteiger partial charge in [0.15, 0.2) is 0 Å². The fourth-order valence-electron chi connectivity index (χ4n) is 2.51. The predicted molar refractivity (Wildman–Crippen MR) is 75.3 cm³/mol. The Morgan fingerprint density at radius 2 is 1.71 bits per heavy atom. The van der Waals surface area contributed by atoms with Crippen molar-refractivity contribution < 1.29 is 18.0 Å². The first-order valence-electron chi connectivity index (χ1n) is 7.17. The van der Waals surface area contributed by atoms with Crippen LogP contribution >= 0.6 is 0 Å². The summed E-state index contributed by atoms with van der Waals surface area (Å²) in [5.41, 5.74) is -0.200. The van der Waals surface area contributed by atoms with Gasteiger partial charge < -0.3 is 4.90 Å². The maximum atomic E-state index is 12.6. The zero-order valence-electron chi connectivity index (χ0n) is 12.0. The lowest BCUT2D eigenvalue weighted by atomic mass is 10.1. The minimum Gasteiger partial charge on any atom is -0.324 e. The number of hydrogen-bond acceptors (Lipinski definition) is 1. The molecule has 1 aliphatic heterocycles. The lowest BCUT2D eigenvalue weighted by Gasteiger charge is -2.32. The van der Waals surface area contributed by atoms with Crippen molar-refractivity contribution in [2.75, 3.05) is 24.5 Å². The number of carbonyl (C=O) groups is 1. The molecule has 21 heavy (non-hydrogen) atoms. The Morgan fingerprint density at radius 3 is 2.19 bits per heavy atom. The summed E-state index contributed by atoms with van der Waals surface area (Å²) in [6.07, 6.45) is -1.27. The Balaban J connectivity index is 2.15. The van der Waals surface area contributed by atoms with Gasteiger partial charge in [0.05, 0.1) is 5.56 Å². The van der Waals surface area contributed by atoms with Crippen LogP contribution < -0.4 is 4.90 Å². The number of benzene rings is 1. The third-order valence-corrected chi connectivity index (χ3v) is 3.68. The van der Waals surface area contributed by atoms with Gasteiger partial charge in [0.25, 0.3) is 0 Å². The third-order valence-electron chi connectivity index (χ3n) is 3.68. The summed E-state index contributed by atoms with van der Waals surface area (Å²) < 4.78 is 37.7. The Labute approximate surface area is 122 Å². The summed E-state index contributed by atoms with van der Waals surface area (Å²) in [4.78, 5) is 15.7.